The van der Waals surface area contributed by atoms with Crippen molar-refractivity contribution in [2.75, 3.05) is 32.7 Å². The van der Waals surface area contributed by atoms with Crippen molar-refractivity contribution in [3.63, 3.8) is 0 Å². The summed E-state index contributed by atoms with van der Waals surface area (Å²) in [5.74, 6) is -0.149. The molecule has 1 heterocycles. The average Bonchev–Trinajstić information content (AvgIpc) is 2.57. The lowest BCUT2D eigenvalue weighted by atomic mass is 9.72. The molecule has 3 heteroatoms. The minimum atomic E-state index is -0.149. The van der Waals surface area contributed by atoms with Gasteiger partial charge in [0.1, 0.15) is 5.82 Å². The summed E-state index contributed by atoms with van der Waals surface area (Å²) >= 11 is 0. The van der Waals surface area contributed by atoms with Crippen LogP contribution in [0.4, 0.5) is 4.39 Å². The van der Waals surface area contributed by atoms with Crippen LogP contribution in [0.5, 0.6) is 0 Å². The van der Waals surface area contributed by atoms with Crippen molar-refractivity contribution in [1.29, 1.82) is 0 Å². The van der Waals surface area contributed by atoms with E-state index in [2.05, 4.69) is 44.4 Å². The summed E-state index contributed by atoms with van der Waals surface area (Å²) < 4.78 is 13.4. The van der Waals surface area contributed by atoms with Gasteiger partial charge in [-0.2, -0.15) is 0 Å². The number of hydrogen-bond acceptors (Lipinski definition) is 2. The molecule has 0 saturated carbocycles. The van der Waals surface area contributed by atoms with Gasteiger partial charge in [-0.15, -0.1) is 0 Å². The molecule has 2 aliphatic rings. The smallest absolute Gasteiger partial charge is 0.123 e. The monoisotopic (exact) mass is 358 g/mol. The van der Waals surface area contributed by atoms with Gasteiger partial charge in [0.15, 0.2) is 0 Å². The maximum Gasteiger partial charge on any atom is 0.123 e. The summed E-state index contributed by atoms with van der Waals surface area (Å²) in [6, 6.07) is 7.13. The Morgan fingerprint density at radius 1 is 1.00 bits per heavy atom. The van der Waals surface area contributed by atoms with Crippen molar-refractivity contribution in [3.8, 4) is 0 Å². The van der Waals surface area contributed by atoms with Crippen LogP contribution >= 0.6 is 0 Å². The maximum absolute atomic E-state index is 13.4. The number of hydrogen-bond donors (Lipinski definition) is 0. The molecule has 1 aliphatic carbocycles. The highest BCUT2D eigenvalue weighted by Crippen LogP contribution is 2.43. The standard InChI is InChI=1S/C23H35FN2/c1-22(2,3)26-14-12-25(13-15-26)17-19-10-11-23(4,5)16-21(19)18-6-8-20(24)9-7-18/h6-9H,10-17H2,1-5H3. The van der Waals surface area contributed by atoms with E-state index in [4.69, 9.17) is 0 Å². The summed E-state index contributed by atoms with van der Waals surface area (Å²) in [6.07, 6.45) is 3.50. The second-order valence-corrected chi connectivity index (χ2v) is 9.86. The largest absolute Gasteiger partial charge is 0.297 e. The van der Waals surface area contributed by atoms with E-state index in [0.717, 1.165) is 39.1 Å². The van der Waals surface area contributed by atoms with E-state index >= 15 is 0 Å². The summed E-state index contributed by atoms with van der Waals surface area (Å²) in [5.41, 5.74) is 4.83. The highest BCUT2D eigenvalue weighted by Gasteiger charge is 2.30. The first-order valence-corrected chi connectivity index (χ1v) is 10.1. The lowest BCUT2D eigenvalue weighted by molar-refractivity contribution is 0.0657. The van der Waals surface area contributed by atoms with Crippen LogP contribution in [0.15, 0.2) is 29.8 Å². The zero-order valence-electron chi connectivity index (χ0n) is 17.2. The highest BCUT2D eigenvalue weighted by atomic mass is 19.1. The minimum Gasteiger partial charge on any atom is -0.297 e. The maximum atomic E-state index is 13.4. The lowest BCUT2D eigenvalue weighted by Gasteiger charge is -2.43. The minimum absolute atomic E-state index is 0.149. The fourth-order valence-corrected chi connectivity index (χ4v) is 4.31. The van der Waals surface area contributed by atoms with E-state index in [1.165, 1.54) is 24.0 Å². The first kappa shape index (κ1) is 19.6. The number of rotatable bonds is 3. The molecule has 3 rings (SSSR count). The van der Waals surface area contributed by atoms with Gasteiger partial charge in [0, 0.05) is 38.3 Å². The molecule has 0 spiro atoms. The van der Waals surface area contributed by atoms with Crippen molar-refractivity contribution in [3.05, 3.63) is 41.2 Å². The first-order chi connectivity index (χ1) is 12.1. The van der Waals surface area contributed by atoms with E-state index in [1.54, 1.807) is 17.7 Å². The molecule has 0 aromatic heterocycles. The molecule has 1 fully saturated rings. The van der Waals surface area contributed by atoms with Gasteiger partial charge in [0.2, 0.25) is 0 Å². The molecule has 0 N–H and O–H groups in total. The van der Waals surface area contributed by atoms with E-state index in [0.29, 0.717) is 5.41 Å². The normalized spacial score (nSPS) is 22.7. The second-order valence-electron chi connectivity index (χ2n) is 9.86. The third-order valence-electron chi connectivity index (χ3n) is 6.11. The van der Waals surface area contributed by atoms with Crippen molar-refractivity contribution in [2.45, 2.75) is 59.4 Å². The van der Waals surface area contributed by atoms with Crippen molar-refractivity contribution < 1.29 is 4.39 Å². The fourth-order valence-electron chi connectivity index (χ4n) is 4.31. The molecule has 0 amide bonds. The van der Waals surface area contributed by atoms with Gasteiger partial charge in [0.25, 0.3) is 0 Å². The summed E-state index contributed by atoms with van der Waals surface area (Å²) in [4.78, 5) is 5.20. The van der Waals surface area contributed by atoms with Crippen LogP contribution in [-0.4, -0.2) is 48.1 Å². The summed E-state index contributed by atoms with van der Waals surface area (Å²) in [6.45, 7) is 17.3. The van der Waals surface area contributed by atoms with E-state index in [9.17, 15) is 4.39 Å². The number of nitrogens with zero attached hydrogens (tertiary/aromatic N) is 2. The van der Waals surface area contributed by atoms with Gasteiger partial charge in [-0.05, 0) is 68.7 Å². The van der Waals surface area contributed by atoms with Gasteiger partial charge in [-0.25, -0.2) is 4.39 Å². The van der Waals surface area contributed by atoms with Gasteiger partial charge < -0.3 is 0 Å². The van der Waals surface area contributed by atoms with Crippen molar-refractivity contribution >= 4 is 5.57 Å². The summed E-state index contributed by atoms with van der Waals surface area (Å²) in [5, 5.41) is 0. The Hall–Kier alpha value is -1.19. The molecule has 1 saturated heterocycles. The second kappa shape index (κ2) is 7.44. The van der Waals surface area contributed by atoms with Crippen LogP contribution in [-0.2, 0) is 0 Å². The molecule has 1 aromatic rings. The average molecular weight is 359 g/mol. The Labute approximate surface area is 159 Å². The topological polar surface area (TPSA) is 6.48 Å². The predicted octanol–water partition coefficient (Wildman–Crippen LogP) is 5.21. The number of piperazine rings is 1. The van der Waals surface area contributed by atoms with Crippen LogP contribution in [0.2, 0.25) is 0 Å². The third-order valence-corrected chi connectivity index (χ3v) is 6.11. The SMILES string of the molecule is CC1(C)CCC(CN2CCN(C(C)(C)C)CC2)=C(c2ccc(F)cc2)C1. The van der Waals surface area contributed by atoms with Crippen LogP contribution in [0.1, 0.15) is 59.4 Å². The molecular formula is C23H35FN2. The lowest BCUT2D eigenvalue weighted by Crippen LogP contribution is -2.53. The third kappa shape index (κ3) is 4.75. The van der Waals surface area contributed by atoms with Crippen LogP contribution < -0.4 is 0 Å². The molecule has 0 bridgehead atoms. The van der Waals surface area contributed by atoms with Crippen molar-refractivity contribution in [1.82, 2.24) is 9.80 Å². The Morgan fingerprint density at radius 3 is 2.19 bits per heavy atom. The number of benzene rings is 1. The molecule has 1 aliphatic heterocycles. The van der Waals surface area contributed by atoms with Crippen LogP contribution in [0.3, 0.4) is 0 Å². The van der Waals surface area contributed by atoms with Gasteiger partial charge in [-0.3, -0.25) is 9.80 Å². The molecular weight excluding hydrogens is 323 g/mol. The van der Waals surface area contributed by atoms with E-state index < -0.39 is 0 Å². The Bertz CT molecular complexity index is 644. The molecule has 26 heavy (non-hydrogen) atoms. The first-order valence-electron chi connectivity index (χ1n) is 10.1. The number of allylic oxidation sites excluding steroid dienone is 1. The van der Waals surface area contributed by atoms with Crippen molar-refractivity contribution in [2.24, 2.45) is 5.41 Å². The van der Waals surface area contributed by atoms with E-state index in [-0.39, 0.29) is 11.4 Å². The number of halogens is 1. The Kier molecular flexibility index (Phi) is 5.60. The Balaban J connectivity index is 1.76. The molecule has 0 atom stereocenters. The molecule has 0 unspecified atom stereocenters. The zero-order chi connectivity index (χ0) is 18.9. The van der Waals surface area contributed by atoms with Gasteiger partial charge in [-0.1, -0.05) is 31.6 Å². The fraction of sp³-hybridized carbons (Fsp3) is 0.652. The zero-order valence-corrected chi connectivity index (χ0v) is 17.2. The van der Waals surface area contributed by atoms with E-state index in [1.807, 2.05) is 12.1 Å². The Morgan fingerprint density at radius 2 is 1.62 bits per heavy atom. The van der Waals surface area contributed by atoms with Gasteiger partial charge in [0.05, 0.1) is 0 Å². The van der Waals surface area contributed by atoms with Gasteiger partial charge >= 0.3 is 0 Å². The van der Waals surface area contributed by atoms with Crippen LogP contribution in [0.25, 0.3) is 5.57 Å². The predicted molar refractivity (Wildman–Crippen MR) is 109 cm³/mol. The van der Waals surface area contributed by atoms with Crippen LogP contribution in [0, 0.1) is 11.2 Å². The molecule has 0 radical (unpaired) electrons. The summed E-state index contributed by atoms with van der Waals surface area (Å²) in [7, 11) is 0. The molecule has 144 valence electrons. The highest BCUT2D eigenvalue weighted by molar-refractivity contribution is 5.70. The quantitative estimate of drug-likeness (QED) is 0.732. The molecule has 1 aromatic carbocycles. The molecule has 2 nitrogen and oxygen atoms in total.